The Morgan fingerprint density at radius 1 is 1.24 bits per heavy atom. The lowest BCUT2D eigenvalue weighted by atomic mass is 10.2. The van der Waals surface area contributed by atoms with Crippen LogP contribution in [0.15, 0.2) is 30.5 Å². The fourth-order valence-electron chi connectivity index (χ4n) is 1.72. The molecular weight excluding hydrogens is 351 g/mol. The highest BCUT2D eigenvalue weighted by atomic mass is 31.2. The minimum Gasteiger partial charge on any atom is -0.756 e. The first kappa shape index (κ1) is 23.3. The zero-order valence-electron chi connectivity index (χ0n) is 14.7. The van der Waals surface area contributed by atoms with Gasteiger partial charge in [0.05, 0.1) is 39.5 Å². The molecular formula is C15H25N2O7P. The molecule has 10 heteroatoms. The Labute approximate surface area is 146 Å². The van der Waals surface area contributed by atoms with E-state index in [1.165, 1.54) is 17.7 Å². The molecule has 0 fully saturated rings. The van der Waals surface area contributed by atoms with Gasteiger partial charge >= 0.3 is 0 Å². The van der Waals surface area contributed by atoms with E-state index >= 15 is 0 Å². The van der Waals surface area contributed by atoms with Crippen LogP contribution in [0.5, 0.6) is 5.75 Å². The molecule has 0 bridgehead atoms. The predicted octanol–water partition coefficient (Wildman–Crippen LogP) is 0.131. The predicted molar refractivity (Wildman–Crippen MR) is 91.9 cm³/mol. The maximum Gasteiger partial charge on any atom is 0.262 e. The number of quaternary nitrogens is 1. The molecule has 0 aliphatic heterocycles. The fraction of sp³-hybridized carbons (Fsp3) is 0.400. The lowest BCUT2D eigenvalue weighted by molar-refractivity contribution is -0.870. The number of benzene rings is 1. The maximum absolute atomic E-state index is 11.1. The van der Waals surface area contributed by atoms with Gasteiger partial charge in [-0.25, -0.2) is 0 Å². The third kappa shape index (κ3) is 10.7. The van der Waals surface area contributed by atoms with Gasteiger partial charge in [-0.3, -0.25) is 13.9 Å². The second kappa shape index (κ2) is 9.67. The maximum atomic E-state index is 11.1. The Bertz CT molecular complexity index is 723. The quantitative estimate of drug-likeness (QED) is 0.431. The molecule has 0 spiro atoms. The number of para-hydroxylation sites is 1. The molecule has 2 aromatic rings. The number of nitrogens with zero attached hydrogens (tertiary/aromatic N) is 2. The first-order chi connectivity index (χ1) is 11.3. The number of fused-ring (bicyclic) bond motifs is 1. The van der Waals surface area contributed by atoms with Crippen molar-refractivity contribution >= 4 is 24.6 Å². The third-order valence-electron chi connectivity index (χ3n) is 2.80. The van der Waals surface area contributed by atoms with Crippen LogP contribution in [-0.4, -0.2) is 69.3 Å². The standard InChI is InChI=1S/C10H9NO2.C5H14NO.H3O4P/c1-7(12)11-6-10(13)8-4-2-3-5-9(8)11;1-6(2,3)4-5-7;1-5(2,3)4/h2-6,13H,1H3;7H,4-5H2,1-3H3;(H3,1,2,3,4)/q;+1;/p-1. The zero-order chi connectivity index (χ0) is 19.8. The van der Waals surface area contributed by atoms with Gasteiger partial charge < -0.3 is 29.4 Å². The number of phosphoric acid groups is 1. The molecule has 0 atom stereocenters. The van der Waals surface area contributed by atoms with Crippen LogP contribution in [0.4, 0.5) is 0 Å². The highest BCUT2D eigenvalue weighted by Crippen LogP contribution is 2.26. The van der Waals surface area contributed by atoms with Gasteiger partial charge in [-0.05, 0) is 12.1 Å². The fourth-order valence-corrected chi connectivity index (χ4v) is 1.72. The summed E-state index contributed by atoms with van der Waals surface area (Å²) >= 11 is 0. The lowest BCUT2D eigenvalue weighted by Gasteiger charge is -2.21. The number of aromatic hydroxyl groups is 1. The van der Waals surface area contributed by atoms with Crippen molar-refractivity contribution in [3.63, 3.8) is 0 Å². The van der Waals surface area contributed by atoms with Crippen LogP contribution in [0.3, 0.4) is 0 Å². The summed E-state index contributed by atoms with van der Waals surface area (Å²) in [5.74, 6) is 0.0438. The minimum atomic E-state index is -4.89. The van der Waals surface area contributed by atoms with E-state index in [2.05, 4.69) is 21.1 Å². The lowest BCUT2D eigenvalue weighted by Crippen LogP contribution is -2.36. The molecule has 4 N–H and O–H groups in total. The molecule has 0 aliphatic carbocycles. The molecule has 0 saturated heterocycles. The van der Waals surface area contributed by atoms with Crippen molar-refractivity contribution < 1.29 is 38.7 Å². The first-order valence-electron chi connectivity index (χ1n) is 7.24. The van der Waals surface area contributed by atoms with E-state index in [1.54, 1.807) is 12.1 Å². The van der Waals surface area contributed by atoms with Gasteiger partial charge in [0.25, 0.3) is 7.82 Å². The SMILES string of the molecule is CC(=O)n1cc(O)c2ccccc21.C[N+](C)(C)CCO.O=P([O-])(O)O. The first-order valence-corrected chi connectivity index (χ1v) is 8.77. The second-order valence-electron chi connectivity index (χ2n) is 6.15. The number of aromatic nitrogens is 1. The number of hydrogen-bond acceptors (Lipinski definition) is 5. The van der Waals surface area contributed by atoms with Gasteiger partial charge in [0.1, 0.15) is 12.3 Å². The topological polar surface area (TPSA) is 143 Å². The van der Waals surface area contributed by atoms with Gasteiger partial charge in [0.15, 0.2) is 0 Å². The van der Waals surface area contributed by atoms with E-state index in [0.717, 1.165) is 16.5 Å². The van der Waals surface area contributed by atoms with Gasteiger partial charge in [-0.2, -0.15) is 0 Å². The smallest absolute Gasteiger partial charge is 0.262 e. The highest BCUT2D eigenvalue weighted by molar-refractivity contribution is 7.43. The zero-order valence-corrected chi connectivity index (χ0v) is 15.6. The second-order valence-corrected chi connectivity index (χ2v) is 7.13. The average molecular weight is 376 g/mol. The minimum absolute atomic E-state index is 0.100. The van der Waals surface area contributed by atoms with Crippen LogP contribution in [0.1, 0.15) is 11.7 Å². The van der Waals surface area contributed by atoms with E-state index in [-0.39, 0.29) is 18.3 Å². The molecule has 9 nitrogen and oxygen atoms in total. The van der Waals surface area contributed by atoms with Crippen molar-refractivity contribution in [1.82, 2.24) is 4.57 Å². The highest BCUT2D eigenvalue weighted by Gasteiger charge is 2.08. The molecule has 0 aliphatic rings. The molecule has 0 unspecified atom stereocenters. The number of likely N-dealkylation sites (N-methyl/N-ethyl adjacent to an activating group) is 1. The summed E-state index contributed by atoms with van der Waals surface area (Å²) in [7, 11) is 1.27. The van der Waals surface area contributed by atoms with Crippen molar-refractivity contribution in [3.05, 3.63) is 30.5 Å². The molecule has 1 aromatic carbocycles. The largest absolute Gasteiger partial charge is 0.756 e. The van der Waals surface area contributed by atoms with Gasteiger partial charge in [0, 0.05) is 12.3 Å². The number of aliphatic hydroxyl groups is 1. The third-order valence-corrected chi connectivity index (χ3v) is 2.80. The summed E-state index contributed by atoms with van der Waals surface area (Å²) in [6, 6.07) is 7.24. The average Bonchev–Trinajstić information content (AvgIpc) is 2.74. The van der Waals surface area contributed by atoms with E-state index in [9.17, 15) is 9.90 Å². The number of hydrogen-bond donors (Lipinski definition) is 4. The van der Waals surface area contributed by atoms with Crippen molar-refractivity contribution in [2.45, 2.75) is 6.92 Å². The Balaban J connectivity index is 0.000000408. The molecule has 142 valence electrons. The van der Waals surface area contributed by atoms with Crippen molar-refractivity contribution in [3.8, 4) is 5.75 Å². The summed E-state index contributed by atoms with van der Waals surface area (Å²) in [5.41, 5.74) is 0.743. The summed E-state index contributed by atoms with van der Waals surface area (Å²) in [5, 5.41) is 18.6. The Kier molecular flexibility index (Phi) is 8.99. The van der Waals surface area contributed by atoms with Gasteiger partial charge in [-0.15, -0.1) is 0 Å². The van der Waals surface area contributed by atoms with E-state index < -0.39 is 7.82 Å². The Hall–Kier alpha value is -1.74. The summed E-state index contributed by atoms with van der Waals surface area (Å²) in [4.78, 5) is 34.0. The van der Waals surface area contributed by atoms with Crippen LogP contribution in [0.2, 0.25) is 0 Å². The van der Waals surface area contributed by atoms with E-state index in [1.807, 2.05) is 12.1 Å². The van der Waals surface area contributed by atoms with E-state index in [4.69, 9.17) is 24.4 Å². The van der Waals surface area contributed by atoms with E-state index in [0.29, 0.717) is 5.39 Å². The van der Waals surface area contributed by atoms with Crippen LogP contribution in [0, 0.1) is 0 Å². The van der Waals surface area contributed by atoms with Crippen molar-refractivity contribution in [2.75, 3.05) is 34.3 Å². The molecule has 1 aromatic heterocycles. The Morgan fingerprint density at radius 3 is 2.08 bits per heavy atom. The monoisotopic (exact) mass is 376 g/mol. The summed E-state index contributed by atoms with van der Waals surface area (Å²) in [6.45, 7) is 2.58. The number of carbonyl (C=O) groups is 1. The number of carbonyl (C=O) groups excluding carboxylic acids is 1. The molecule has 0 radical (unpaired) electrons. The van der Waals surface area contributed by atoms with Gasteiger partial charge in [-0.1, -0.05) is 12.1 Å². The summed E-state index contributed by atoms with van der Waals surface area (Å²) in [6.07, 6.45) is 1.44. The molecule has 0 amide bonds. The molecule has 2 rings (SSSR count). The van der Waals surface area contributed by atoms with Crippen LogP contribution < -0.4 is 4.89 Å². The molecule has 1 heterocycles. The van der Waals surface area contributed by atoms with Gasteiger partial charge in [0.2, 0.25) is 5.91 Å². The molecule has 25 heavy (non-hydrogen) atoms. The van der Waals surface area contributed by atoms with Crippen LogP contribution in [0.25, 0.3) is 10.9 Å². The normalized spacial score (nSPS) is 11.2. The van der Waals surface area contributed by atoms with Crippen LogP contribution >= 0.6 is 7.82 Å². The number of aliphatic hydroxyl groups excluding tert-OH is 1. The Morgan fingerprint density at radius 2 is 1.72 bits per heavy atom. The van der Waals surface area contributed by atoms with Crippen molar-refractivity contribution in [1.29, 1.82) is 0 Å². The van der Waals surface area contributed by atoms with Crippen molar-refractivity contribution in [2.24, 2.45) is 0 Å². The number of rotatable bonds is 2. The molecule has 0 saturated carbocycles. The van der Waals surface area contributed by atoms with Crippen LogP contribution in [-0.2, 0) is 4.57 Å². The summed E-state index contributed by atoms with van der Waals surface area (Å²) < 4.78 is 11.0.